The Morgan fingerprint density at radius 2 is 2.47 bits per heavy atom. The number of aromatic nitrogens is 2. The maximum atomic E-state index is 12.0. The third-order valence-corrected chi connectivity index (χ3v) is 2.69. The Hall–Kier alpha value is -1.03. The first-order valence-corrected chi connectivity index (χ1v) is 5.61. The van der Waals surface area contributed by atoms with Gasteiger partial charge in [-0.15, -0.1) is 11.6 Å². The van der Waals surface area contributed by atoms with E-state index < -0.39 is 0 Å². The third kappa shape index (κ3) is 2.31. The van der Waals surface area contributed by atoms with Crippen LogP contribution in [0.3, 0.4) is 0 Å². The van der Waals surface area contributed by atoms with Crippen molar-refractivity contribution in [3.05, 3.63) is 18.0 Å². The highest BCUT2D eigenvalue weighted by Crippen LogP contribution is 2.27. The second-order valence-electron chi connectivity index (χ2n) is 3.82. The average Bonchev–Trinajstić information content (AvgIpc) is 2.96. The Bertz CT molecular complexity index is 359. The Labute approximate surface area is 93.8 Å². The van der Waals surface area contributed by atoms with E-state index in [1.54, 1.807) is 24.1 Å². The molecule has 1 saturated carbocycles. The van der Waals surface area contributed by atoms with Gasteiger partial charge in [0, 0.05) is 31.7 Å². The van der Waals surface area contributed by atoms with E-state index in [4.69, 9.17) is 11.6 Å². The van der Waals surface area contributed by atoms with Crippen LogP contribution in [0.1, 0.15) is 23.2 Å². The van der Waals surface area contributed by atoms with E-state index in [1.165, 1.54) is 0 Å². The lowest BCUT2D eigenvalue weighted by Gasteiger charge is -2.20. The summed E-state index contributed by atoms with van der Waals surface area (Å²) in [6.07, 6.45) is 5.55. The molecule has 1 aliphatic carbocycles. The molecule has 15 heavy (non-hydrogen) atoms. The molecule has 1 fully saturated rings. The molecule has 82 valence electrons. The zero-order valence-electron chi connectivity index (χ0n) is 8.69. The van der Waals surface area contributed by atoms with Crippen LogP contribution in [-0.2, 0) is 7.05 Å². The summed E-state index contributed by atoms with van der Waals surface area (Å²) >= 11 is 5.69. The van der Waals surface area contributed by atoms with Crippen LogP contribution in [0.15, 0.2) is 12.4 Å². The average molecular weight is 228 g/mol. The molecule has 0 aromatic carbocycles. The quantitative estimate of drug-likeness (QED) is 0.727. The fourth-order valence-electron chi connectivity index (χ4n) is 1.62. The molecule has 0 unspecified atom stereocenters. The molecule has 2 rings (SSSR count). The second-order valence-corrected chi connectivity index (χ2v) is 4.20. The lowest BCUT2D eigenvalue weighted by molar-refractivity contribution is 0.0753. The molecule has 0 bridgehead atoms. The summed E-state index contributed by atoms with van der Waals surface area (Å²) in [7, 11) is 1.81. The molecule has 0 spiro atoms. The number of rotatable bonds is 4. The van der Waals surface area contributed by atoms with E-state index in [-0.39, 0.29) is 5.91 Å². The van der Waals surface area contributed by atoms with Crippen LogP contribution < -0.4 is 0 Å². The number of carbonyl (C=O) groups is 1. The maximum absolute atomic E-state index is 12.0. The molecule has 1 heterocycles. The van der Waals surface area contributed by atoms with E-state index in [1.807, 2.05) is 4.90 Å². The van der Waals surface area contributed by atoms with Crippen molar-refractivity contribution < 1.29 is 4.79 Å². The van der Waals surface area contributed by atoms with Gasteiger partial charge in [0.15, 0.2) is 0 Å². The molecule has 1 amide bonds. The van der Waals surface area contributed by atoms with Gasteiger partial charge in [-0.1, -0.05) is 0 Å². The highest BCUT2D eigenvalue weighted by atomic mass is 35.5. The summed E-state index contributed by atoms with van der Waals surface area (Å²) in [6, 6.07) is 0.399. The van der Waals surface area contributed by atoms with Gasteiger partial charge in [-0.2, -0.15) is 5.10 Å². The van der Waals surface area contributed by atoms with Gasteiger partial charge in [-0.25, -0.2) is 0 Å². The predicted molar refractivity (Wildman–Crippen MR) is 58.0 cm³/mol. The fraction of sp³-hybridized carbons (Fsp3) is 0.600. The summed E-state index contributed by atoms with van der Waals surface area (Å²) in [6.45, 7) is 0.625. The fourth-order valence-corrected chi connectivity index (χ4v) is 1.81. The summed E-state index contributed by atoms with van der Waals surface area (Å²) in [5.74, 6) is 0.536. The Morgan fingerprint density at radius 3 is 2.93 bits per heavy atom. The minimum absolute atomic E-state index is 0.0475. The van der Waals surface area contributed by atoms with Gasteiger partial charge in [0.2, 0.25) is 0 Å². The first-order valence-electron chi connectivity index (χ1n) is 5.08. The van der Waals surface area contributed by atoms with E-state index in [0.717, 1.165) is 12.8 Å². The van der Waals surface area contributed by atoms with E-state index in [0.29, 0.717) is 24.0 Å². The van der Waals surface area contributed by atoms with Crippen LogP contribution in [0.5, 0.6) is 0 Å². The lowest BCUT2D eigenvalue weighted by atomic mass is 10.3. The number of carbonyl (C=O) groups excluding carboxylic acids is 1. The van der Waals surface area contributed by atoms with Crippen molar-refractivity contribution in [2.24, 2.45) is 7.05 Å². The van der Waals surface area contributed by atoms with Crippen molar-refractivity contribution in [2.75, 3.05) is 12.4 Å². The highest BCUT2D eigenvalue weighted by molar-refractivity contribution is 6.18. The van der Waals surface area contributed by atoms with Crippen LogP contribution in [-0.4, -0.2) is 39.1 Å². The van der Waals surface area contributed by atoms with Crippen molar-refractivity contribution in [2.45, 2.75) is 18.9 Å². The number of aryl methyl sites for hydroxylation is 1. The number of hydrogen-bond donors (Lipinski definition) is 0. The van der Waals surface area contributed by atoms with Crippen molar-refractivity contribution in [1.82, 2.24) is 14.7 Å². The summed E-state index contributed by atoms with van der Waals surface area (Å²) < 4.78 is 1.64. The molecule has 0 N–H and O–H groups in total. The second kappa shape index (κ2) is 4.23. The zero-order valence-corrected chi connectivity index (χ0v) is 9.44. The molecule has 5 heteroatoms. The molecule has 1 aliphatic rings. The van der Waals surface area contributed by atoms with Gasteiger partial charge in [0.25, 0.3) is 5.91 Å². The summed E-state index contributed by atoms with van der Waals surface area (Å²) in [5, 5.41) is 4.00. The lowest BCUT2D eigenvalue weighted by Crippen LogP contribution is -2.34. The molecule has 0 aliphatic heterocycles. The minimum Gasteiger partial charge on any atom is -0.334 e. The minimum atomic E-state index is 0.0475. The molecule has 1 aromatic rings. The summed E-state index contributed by atoms with van der Waals surface area (Å²) in [4.78, 5) is 13.9. The van der Waals surface area contributed by atoms with Gasteiger partial charge >= 0.3 is 0 Å². The molecule has 0 saturated heterocycles. The SMILES string of the molecule is Cn1cc(C(=O)N(CCCl)C2CC2)cn1. The van der Waals surface area contributed by atoms with Gasteiger partial charge in [-0.3, -0.25) is 9.48 Å². The summed E-state index contributed by atoms with van der Waals surface area (Å²) in [5.41, 5.74) is 0.648. The largest absolute Gasteiger partial charge is 0.334 e. The molecule has 0 atom stereocenters. The van der Waals surface area contributed by atoms with Crippen molar-refractivity contribution >= 4 is 17.5 Å². The van der Waals surface area contributed by atoms with E-state index in [9.17, 15) is 4.79 Å². The number of alkyl halides is 1. The van der Waals surface area contributed by atoms with Crippen molar-refractivity contribution in [3.63, 3.8) is 0 Å². The monoisotopic (exact) mass is 227 g/mol. The number of halogens is 1. The van der Waals surface area contributed by atoms with Crippen LogP contribution >= 0.6 is 11.6 Å². The molecular formula is C10H14ClN3O. The first-order chi connectivity index (χ1) is 7.22. The van der Waals surface area contributed by atoms with Gasteiger partial charge in [-0.05, 0) is 12.8 Å². The molecule has 0 radical (unpaired) electrons. The van der Waals surface area contributed by atoms with Gasteiger partial charge in [0.1, 0.15) is 0 Å². The Kier molecular flexibility index (Phi) is 2.95. The number of nitrogens with zero attached hydrogens (tertiary/aromatic N) is 3. The van der Waals surface area contributed by atoms with Gasteiger partial charge in [0.05, 0.1) is 11.8 Å². The Balaban J connectivity index is 2.10. The van der Waals surface area contributed by atoms with E-state index in [2.05, 4.69) is 5.10 Å². The normalized spacial score (nSPS) is 15.3. The first kappa shape index (κ1) is 10.5. The van der Waals surface area contributed by atoms with Crippen LogP contribution in [0.2, 0.25) is 0 Å². The van der Waals surface area contributed by atoms with Crippen molar-refractivity contribution in [3.8, 4) is 0 Å². The molecular weight excluding hydrogens is 214 g/mol. The molecule has 1 aromatic heterocycles. The number of hydrogen-bond acceptors (Lipinski definition) is 2. The predicted octanol–water partition coefficient (Wildman–Crippen LogP) is 1.26. The van der Waals surface area contributed by atoms with Gasteiger partial charge < -0.3 is 4.90 Å². The Morgan fingerprint density at radius 1 is 1.73 bits per heavy atom. The van der Waals surface area contributed by atoms with E-state index >= 15 is 0 Å². The third-order valence-electron chi connectivity index (χ3n) is 2.53. The smallest absolute Gasteiger partial charge is 0.257 e. The van der Waals surface area contributed by atoms with Crippen LogP contribution in [0, 0.1) is 0 Å². The topological polar surface area (TPSA) is 38.1 Å². The standard InChI is InChI=1S/C10H14ClN3O/c1-13-7-8(6-12-13)10(15)14(5-4-11)9-2-3-9/h6-7,9H,2-5H2,1H3. The van der Waals surface area contributed by atoms with Crippen molar-refractivity contribution in [1.29, 1.82) is 0 Å². The van der Waals surface area contributed by atoms with Crippen LogP contribution in [0.25, 0.3) is 0 Å². The molecule has 4 nitrogen and oxygen atoms in total. The number of amides is 1. The highest BCUT2D eigenvalue weighted by Gasteiger charge is 2.32. The van der Waals surface area contributed by atoms with Crippen LogP contribution in [0.4, 0.5) is 0 Å². The maximum Gasteiger partial charge on any atom is 0.257 e. The zero-order chi connectivity index (χ0) is 10.8.